The van der Waals surface area contributed by atoms with Crippen molar-refractivity contribution in [3.8, 4) is 10.6 Å². The van der Waals surface area contributed by atoms with Crippen LogP contribution in [0.5, 0.6) is 0 Å². The van der Waals surface area contributed by atoms with Gasteiger partial charge in [-0.1, -0.05) is 29.5 Å². The second kappa shape index (κ2) is 8.22. The van der Waals surface area contributed by atoms with E-state index in [1.54, 1.807) is 0 Å². The lowest BCUT2D eigenvalue weighted by molar-refractivity contribution is -0.131. The number of aromatic nitrogens is 2. The fourth-order valence-corrected chi connectivity index (χ4v) is 4.49. The molecule has 7 heteroatoms. The van der Waals surface area contributed by atoms with Crippen LogP contribution in [0.1, 0.15) is 37.1 Å². The van der Waals surface area contributed by atoms with E-state index in [-0.39, 0.29) is 17.7 Å². The quantitative estimate of drug-likeness (QED) is 0.853. The highest BCUT2D eigenvalue weighted by molar-refractivity contribution is 7.14. The number of hydrogen-bond donors (Lipinski definition) is 1. The fraction of sp³-hybridized carbons (Fsp3) is 0.429. The molecule has 0 saturated carbocycles. The summed E-state index contributed by atoms with van der Waals surface area (Å²) in [6.07, 6.45) is 6.46. The Hall–Kier alpha value is -2.54. The van der Waals surface area contributed by atoms with Crippen molar-refractivity contribution < 1.29 is 9.59 Å². The minimum atomic E-state index is -0.0611. The second-order valence-corrected chi connectivity index (χ2v) is 8.57. The maximum atomic E-state index is 12.7. The van der Waals surface area contributed by atoms with Crippen molar-refractivity contribution in [2.24, 2.45) is 5.92 Å². The molecule has 0 unspecified atom stereocenters. The lowest BCUT2D eigenvalue weighted by atomic mass is 9.95. The smallest absolute Gasteiger partial charge is 0.249 e. The van der Waals surface area contributed by atoms with E-state index in [0.717, 1.165) is 46.1 Å². The molecule has 1 aromatic heterocycles. The second-order valence-electron chi connectivity index (χ2n) is 7.38. The van der Waals surface area contributed by atoms with Crippen molar-refractivity contribution in [3.05, 3.63) is 40.9 Å². The number of allylic oxidation sites excluding steroid dienone is 1. The number of anilines is 1. The third-order valence-electron chi connectivity index (χ3n) is 5.37. The number of benzene rings is 1. The summed E-state index contributed by atoms with van der Waals surface area (Å²) < 4.78 is 0. The summed E-state index contributed by atoms with van der Waals surface area (Å²) in [5.74, 6) is 0.128. The summed E-state index contributed by atoms with van der Waals surface area (Å²) >= 11 is 1.53. The maximum Gasteiger partial charge on any atom is 0.249 e. The standard InChI is InChI=1S/C21H24N4O2S/c1-14-23-24-20(28-14)17-7-4-8-18(13-17)22-19(26)15-9-11-25(12-10-15)21(27)16-5-2-3-6-16/h4-5,7-8,13,15H,2-3,6,9-12H2,1H3,(H,22,26). The van der Waals surface area contributed by atoms with E-state index in [1.165, 1.54) is 11.3 Å². The van der Waals surface area contributed by atoms with Gasteiger partial charge in [-0.25, -0.2) is 0 Å². The largest absolute Gasteiger partial charge is 0.339 e. The van der Waals surface area contributed by atoms with Gasteiger partial charge in [0.15, 0.2) is 0 Å². The molecule has 1 fully saturated rings. The Morgan fingerprint density at radius 3 is 2.71 bits per heavy atom. The van der Waals surface area contributed by atoms with E-state index in [4.69, 9.17) is 0 Å². The fourth-order valence-electron chi connectivity index (χ4n) is 3.80. The van der Waals surface area contributed by atoms with E-state index in [0.29, 0.717) is 25.9 Å². The number of rotatable bonds is 4. The number of amides is 2. The Balaban J connectivity index is 1.34. The molecule has 2 aliphatic rings. The minimum Gasteiger partial charge on any atom is -0.339 e. The Kier molecular flexibility index (Phi) is 5.52. The number of piperidine rings is 1. The lowest BCUT2D eigenvalue weighted by Crippen LogP contribution is -2.41. The summed E-state index contributed by atoms with van der Waals surface area (Å²) in [4.78, 5) is 27.1. The van der Waals surface area contributed by atoms with Gasteiger partial charge in [0, 0.05) is 35.8 Å². The first kappa shape index (κ1) is 18.8. The summed E-state index contributed by atoms with van der Waals surface area (Å²) in [5, 5.41) is 13.0. The predicted molar refractivity (Wildman–Crippen MR) is 110 cm³/mol. The Morgan fingerprint density at radius 1 is 1.21 bits per heavy atom. The first-order valence-electron chi connectivity index (χ1n) is 9.80. The average molecular weight is 397 g/mol. The van der Waals surface area contributed by atoms with Gasteiger partial charge in [0.05, 0.1) is 0 Å². The molecular weight excluding hydrogens is 372 g/mol. The minimum absolute atomic E-state index is 0.0257. The zero-order chi connectivity index (χ0) is 19.5. The van der Waals surface area contributed by atoms with E-state index in [1.807, 2.05) is 36.1 Å². The monoisotopic (exact) mass is 396 g/mol. The van der Waals surface area contributed by atoms with Gasteiger partial charge in [-0.2, -0.15) is 0 Å². The van der Waals surface area contributed by atoms with Gasteiger partial charge in [0.25, 0.3) is 0 Å². The van der Waals surface area contributed by atoms with Crippen LogP contribution in [0.4, 0.5) is 5.69 Å². The number of nitrogens with zero attached hydrogens (tertiary/aromatic N) is 3. The summed E-state index contributed by atoms with van der Waals surface area (Å²) in [5.41, 5.74) is 2.67. The number of aryl methyl sites for hydroxylation is 1. The maximum absolute atomic E-state index is 12.7. The molecule has 0 atom stereocenters. The summed E-state index contributed by atoms with van der Waals surface area (Å²) in [6, 6.07) is 7.71. The molecule has 0 spiro atoms. The van der Waals surface area contributed by atoms with Gasteiger partial charge < -0.3 is 10.2 Å². The molecule has 0 bridgehead atoms. The summed E-state index contributed by atoms with van der Waals surface area (Å²) in [6.45, 7) is 3.23. The molecule has 2 aromatic rings. The normalized spacial score (nSPS) is 17.5. The van der Waals surface area contributed by atoms with Gasteiger partial charge in [-0.05, 0) is 51.2 Å². The number of hydrogen-bond acceptors (Lipinski definition) is 5. The van der Waals surface area contributed by atoms with Crippen molar-refractivity contribution in [2.75, 3.05) is 18.4 Å². The molecule has 1 saturated heterocycles. The van der Waals surface area contributed by atoms with Crippen LogP contribution >= 0.6 is 11.3 Å². The molecule has 2 heterocycles. The Morgan fingerprint density at radius 2 is 2.04 bits per heavy atom. The molecular formula is C21H24N4O2S. The average Bonchev–Trinajstić information content (AvgIpc) is 3.40. The zero-order valence-corrected chi connectivity index (χ0v) is 16.8. The van der Waals surface area contributed by atoms with Crippen molar-refractivity contribution in [2.45, 2.75) is 39.0 Å². The van der Waals surface area contributed by atoms with E-state index in [2.05, 4.69) is 21.6 Å². The zero-order valence-electron chi connectivity index (χ0n) is 16.0. The molecule has 4 rings (SSSR count). The molecule has 1 aliphatic carbocycles. The molecule has 146 valence electrons. The Bertz CT molecular complexity index is 913. The van der Waals surface area contributed by atoms with Crippen LogP contribution in [0.15, 0.2) is 35.9 Å². The highest BCUT2D eigenvalue weighted by Crippen LogP contribution is 2.27. The summed E-state index contributed by atoms with van der Waals surface area (Å²) in [7, 11) is 0. The highest BCUT2D eigenvalue weighted by Gasteiger charge is 2.29. The van der Waals surface area contributed by atoms with Crippen LogP contribution in [0.3, 0.4) is 0 Å². The molecule has 28 heavy (non-hydrogen) atoms. The van der Waals surface area contributed by atoms with E-state index in [9.17, 15) is 9.59 Å². The Labute approximate surface area is 168 Å². The topological polar surface area (TPSA) is 75.2 Å². The van der Waals surface area contributed by atoms with Crippen LogP contribution in [0.25, 0.3) is 10.6 Å². The van der Waals surface area contributed by atoms with Crippen LogP contribution in [0, 0.1) is 12.8 Å². The SMILES string of the molecule is Cc1nnc(-c2cccc(NC(=O)C3CCN(C(=O)C4=CCCC4)CC3)c2)s1. The molecule has 2 amide bonds. The highest BCUT2D eigenvalue weighted by atomic mass is 32.1. The van der Waals surface area contributed by atoms with Crippen molar-refractivity contribution in [1.82, 2.24) is 15.1 Å². The third kappa shape index (κ3) is 4.14. The predicted octanol–water partition coefficient (Wildman–Crippen LogP) is 3.80. The number of nitrogens with one attached hydrogen (secondary N) is 1. The van der Waals surface area contributed by atoms with Gasteiger partial charge in [0.1, 0.15) is 10.0 Å². The number of carbonyl (C=O) groups is 2. The van der Waals surface area contributed by atoms with Crippen molar-refractivity contribution in [1.29, 1.82) is 0 Å². The van der Waals surface area contributed by atoms with Crippen molar-refractivity contribution >= 4 is 28.8 Å². The van der Waals surface area contributed by atoms with Crippen molar-refractivity contribution in [3.63, 3.8) is 0 Å². The molecule has 6 nitrogen and oxygen atoms in total. The number of carbonyl (C=O) groups excluding carboxylic acids is 2. The van der Waals surface area contributed by atoms with Gasteiger partial charge >= 0.3 is 0 Å². The van der Waals surface area contributed by atoms with Gasteiger partial charge in [-0.15, -0.1) is 10.2 Å². The molecule has 1 N–H and O–H groups in total. The number of likely N-dealkylation sites (tertiary alicyclic amines) is 1. The first-order chi connectivity index (χ1) is 13.6. The van der Waals surface area contributed by atoms with Gasteiger partial charge in [-0.3, -0.25) is 9.59 Å². The van der Waals surface area contributed by atoms with E-state index < -0.39 is 0 Å². The van der Waals surface area contributed by atoms with Crippen LogP contribution in [-0.4, -0.2) is 40.0 Å². The first-order valence-corrected chi connectivity index (χ1v) is 10.6. The molecule has 0 radical (unpaired) electrons. The van der Waals surface area contributed by atoms with Crippen LogP contribution in [0.2, 0.25) is 0 Å². The lowest BCUT2D eigenvalue weighted by Gasteiger charge is -2.31. The van der Waals surface area contributed by atoms with Crippen LogP contribution < -0.4 is 5.32 Å². The van der Waals surface area contributed by atoms with Gasteiger partial charge in [0.2, 0.25) is 11.8 Å². The van der Waals surface area contributed by atoms with Crippen LogP contribution in [-0.2, 0) is 9.59 Å². The van der Waals surface area contributed by atoms with E-state index >= 15 is 0 Å². The molecule has 1 aromatic carbocycles. The third-order valence-corrected chi connectivity index (χ3v) is 6.26. The molecule has 1 aliphatic heterocycles.